The Morgan fingerprint density at radius 3 is 2.51 bits per heavy atom. The minimum atomic E-state index is -0.596. The molecule has 37 heavy (non-hydrogen) atoms. The van der Waals surface area contributed by atoms with Gasteiger partial charge in [0.2, 0.25) is 5.91 Å². The highest BCUT2D eigenvalue weighted by atomic mass is 79.9. The molecule has 0 aliphatic heterocycles. The van der Waals surface area contributed by atoms with Gasteiger partial charge >= 0.3 is 5.69 Å². The normalized spacial score (nSPS) is 13.1. The van der Waals surface area contributed by atoms with Gasteiger partial charge in [0.25, 0.3) is 11.1 Å². The number of carbonyl (C=O) groups is 1. The van der Waals surface area contributed by atoms with E-state index in [9.17, 15) is 23.6 Å². The molecule has 1 aliphatic carbocycles. The van der Waals surface area contributed by atoms with Crippen molar-refractivity contribution in [3.05, 3.63) is 90.0 Å². The molecule has 2 heterocycles. The monoisotopic (exact) mass is 567 g/mol. The zero-order chi connectivity index (χ0) is 26.4. The molecule has 1 saturated carbocycles. The predicted molar refractivity (Wildman–Crippen MR) is 144 cm³/mol. The van der Waals surface area contributed by atoms with Crippen molar-refractivity contribution in [2.75, 3.05) is 10.6 Å². The number of fused-ring (bicyclic) bond motifs is 1. The van der Waals surface area contributed by atoms with Crippen LogP contribution in [0.3, 0.4) is 0 Å². The standard InChI is InChI=1S/C26H23BrFN5O4/c1-3-21(34)29-15-5-4-6-17(12-15)32-24-23(25(36)33(26(32)37)16-8-9-16)20(13-22(35)31(24)2)30-19-10-7-14(27)11-18(19)28/h4-7,10-13,16,30H,3,8-9H2,1-2H3,(H,29,34). The largest absolute Gasteiger partial charge is 0.352 e. The highest BCUT2D eigenvalue weighted by Gasteiger charge is 2.31. The van der Waals surface area contributed by atoms with Crippen molar-refractivity contribution >= 4 is 49.9 Å². The lowest BCUT2D eigenvalue weighted by atomic mass is 10.2. The lowest BCUT2D eigenvalue weighted by Crippen LogP contribution is -2.41. The van der Waals surface area contributed by atoms with E-state index >= 15 is 0 Å². The van der Waals surface area contributed by atoms with Gasteiger partial charge in [0, 0.05) is 35.7 Å². The third-order valence-electron chi connectivity index (χ3n) is 6.27. The van der Waals surface area contributed by atoms with Crippen molar-refractivity contribution in [2.24, 2.45) is 7.05 Å². The lowest BCUT2D eigenvalue weighted by molar-refractivity contribution is -0.115. The van der Waals surface area contributed by atoms with Gasteiger partial charge in [0.1, 0.15) is 16.9 Å². The van der Waals surface area contributed by atoms with Gasteiger partial charge in [0.05, 0.1) is 17.1 Å². The van der Waals surface area contributed by atoms with Crippen LogP contribution in [0.1, 0.15) is 32.2 Å². The molecule has 1 aliphatic rings. The van der Waals surface area contributed by atoms with E-state index in [1.807, 2.05) is 0 Å². The first-order chi connectivity index (χ1) is 17.7. The summed E-state index contributed by atoms with van der Waals surface area (Å²) >= 11 is 3.22. The van der Waals surface area contributed by atoms with Crippen molar-refractivity contribution in [1.29, 1.82) is 0 Å². The van der Waals surface area contributed by atoms with E-state index in [2.05, 4.69) is 26.6 Å². The number of benzene rings is 2. The van der Waals surface area contributed by atoms with Gasteiger partial charge in [-0.2, -0.15) is 0 Å². The number of hydrogen-bond donors (Lipinski definition) is 2. The van der Waals surface area contributed by atoms with Crippen molar-refractivity contribution in [3.8, 4) is 5.69 Å². The lowest BCUT2D eigenvalue weighted by Gasteiger charge is -2.19. The number of rotatable bonds is 6. The number of amides is 1. The molecule has 0 spiro atoms. The van der Waals surface area contributed by atoms with Gasteiger partial charge < -0.3 is 10.6 Å². The molecule has 1 amide bonds. The first kappa shape index (κ1) is 24.7. The number of nitrogens with zero attached hydrogens (tertiary/aromatic N) is 3. The summed E-state index contributed by atoms with van der Waals surface area (Å²) in [6.07, 6.45) is 1.61. The number of nitrogens with one attached hydrogen (secondary N) is 2. The Kier molecular flexibility index (Phi) is 6.32. The predicted octanol–water partition coefficient (Wildman–Crippen LogP) is 4.18. The van der Waals surface area contributed by atoms with Crippen LogP contribution in [0, 0.1) is 5.82 Å². The highest BCUT2D eigenvalue weighted by molar-refractivity contribution is 9.10. The minimum Gasteiger partial charge on any atom is -0.352 e. The number of hydrogen-bond acceptors (Lipinski definition) is 5. The number of anilines is 3. The van der Waals surface area contributed by atoms with Gasteiger partial charge in [-0.25, -0.2) is 13.8 Å². The molecule has 0 saturated heterocycles. The van der Waals surface area contributed by atoms with Crippen LogP contribution in [0.5, 0.6) is 0 Å². The second-order valence-corrected chi connectivity index (χ2v) is 9.80. The molecule has 5 rings (SSSR count). The molecule has 2 aromatic heterocycles. The molecular formula is C26H23BrFN5O4. The molecule has 2 aromatic carbocycles. The maximum atomic E-state index is 14.7. The molecule has 11 heteroatoms. The molecular weight excluding hydrogens is 545 g/mol. The van der Waals surface area contributed by atoms with E-state index in [0.717, 1.165) is 0 Å². The number of pyridine rings is 1. The minimum absolute atomic E-state index is 0.0541. The molecule has 190 valence electrons. The van der Waals surface area contributed by atoms with Crippen LogP contribution < -0.4 is 27.4 Å². The van der Waals surface area contributed by atoms with E-state index in [0.29, 0.717) is 28.7 Å². The third kappa shape index (κ3) is 4.50. The van der Waals surface area contributed by atoms with Crippen LogP contribution in [0.4, 0.5) is 21.5 Å². The van der Waals surface area contributed by atoms with Gasteiger partial charge in [-0.15, -0.1) is 0 Å². The number of aromatic nitrogens is 3. The summed E-state index contributed by atoms with van der Waals surface area (Å²) in [5.74, 6) is -0.786. The van der Waals surface area contributed by atoms with Crippen molar-refractivity contribution < 1.29 is 9.18 Å². The first-order valence-corrected chi connectivity index (χ1v) is 12.5. The fraction of sp³-hybridized carbons (Fsp3) is 0.231. The smallest absolute Gasteiger partial charge is 0.337 e. The van der Waals surface area contributed by atoms with Gasteiger partial charge in [-0.3, -0.25) is 23.5 Å². The molecule has 1 fully saturated rings. The van der Waals surface area contributed by atoms with Crippen molar-refractivity contribution in [1.82, 2.24) is 13.7 Å². The fourth-order valence-corrected chi connectivity index (χ4v) is 4.59. The van der Waals surface area contributed by atoms with Crippen LogP contribution in [0.2, 0.25) is 0 Å². The Bertz CT molecular complexity index is 1750. The summed E-state index contributed by atoms with van der Waals surface area (Å²) in [6.45, 7) is 1.72. The Morgan fingerprint density at radius 1 is 1.08 bits per heavy atom. The average Bonchev–Trinajstić information content (AvgIpc) is 3.69. The zero-order valence-electron chi connectivity index (χ0n) is 20.0. The van der Waals surface area contributed by atoms with Crippen molar-refractivity contribution in [2.45, 2.75) is 32.2 Å². The molecule has 9 nitrogen and oxygen atoms in total. The Balaban J connectivity index is 1.84. The first-order valence-electron chi connectivity index (χ1n) is 11.7. The quantitative estimate of drug-likeness (QED) is 0.363. The van der Waals surface area contributed by atoms with Gasteiger partial charge in [-0.05, 0) is 49.2 Å². The van der Waals surface area contributed by atoms with Gasteiger partial charge in [0.15, 0.2) is 0 Å². The Labute approximate surface area is 218 Å². The third-order valence-corrected chi connectivity index (χ3v) is 6.77. The summed E-state index contributed by atoms with van der Waals surface area (Å²) < 4.78 is 18.9. The summed E-state index contributed by atoms with van der Waals surface area (Å²) in [7, 11) is 1.47. The maximum absolute atomic E-state index is 14.7. The highest BCUT2D eigenvalue weighted by Crippen LogP contribution is 2.34. The number of aryl methyl sites for hydroxylation is 1. The van der Waals surface area contributed by atoms with Crippen LogP contribution in [0.25, 0.3) is 16.7 Å². The Hall–Kier alpha value is -3.99. The van der Waals surface area contributed by atoms with Crippen LogP contribution in [0.15, 0.2) is 67.4 Å². The second kappa shape index (κ2) is 9.47. The fourth-order valence-electron chi connectivity index (χ4n) is 4.26. The van der Waals surface area contributed by atoms with E-state index in [-0.39, 0.29) is 40.8 Å². The molecule has 4 aromatic rings. The summed E-state index contributed by atoms with van der Waals surface area (Å²) in [6, 6.07) is 11.9. The maximum Gasteiger partial charge on any atom is 0.337 e. The topological polar surface area (TPSA) is 107 Å². The summed E-state index contributed by atoms with van der Waals surface area (Å²) in [4.78, 5) is 52.4. The van der Waals surface area contributed by atoms with E-state index in [1.165, 1.54) is 38.9 Å². The van der Waals surface area contributed by atoms with E-state index in [4.69, 9.17) is 0 Å². The second-order valence-electron chi connectivity index (χ2n) is 8.88. The van der Waals surface area contributed by atoms with Crippen LogP contribution >= 0.6 is 15.9 Å². The van der Waals surface area contributed by atoms with E-state index in [1.54, 1.807) is 37.3 Å². The van der Waals surface area contributed by atoms with Crippen LogP contribution in [-0.4, -0.2) is 19.6 Å². The summed E-state index contributed by atoms with van der Waals surface area (Å²) in [5, 5.41) is 5.72. The van der Waals surface area contributed by atoms with Crippen molar-refractivity contribution in [3.63, 3.8) is 0 Å². The average molecular weight is 568 g/mol. The molecule has 0 atom stereocenters. The molecule has 0 radical (unpaired) electrons. The Morgan fingerprint density at radius 2 is 1.84 bits per heavy atom. The molecule has 0 unspecified atom stereocenters. The van der Waals surface area contributed by atoms with Gasteiger partial charge in [-0.1, -0.05) is 28.9 Å². The zero-order valence-corrected chi connectivity index (χ0v) is 21.6. The number of halogens is 2. The van der Waals surface area contributed by atoms with Crippen LogP contribution in [-0.2, 0) is 11.8 Å². The molecule has 2 N–H and O–H groups in total. The number of carbonyl (C=O) groups excluding carboxylic acids is 1. The molecule has 0 bridgehead atoms. The van der Waals surface area contributed by atoms with E-state index < -0.39 is 22.6 Å². The SMILES string of the molecule is CCC(=O)Nc1cccc(-n2c(=O)n(C3CC3)c(=O)c3c(Nc4ccc(Br)cc4F)cc(=O)n(C)c32)c1. The summed E-state index contributed by atoms with van der Waals surface area (Å²) in [5.41, 5.74) is -0.631.